The average molecular weight is 460 g/mol. The van der Waals surface area contributed by atoms with Crippen molar-refractivity contribution < 1.29 is 22.0 Å². The zero-order valence-electron chi connectivity index (χ0n) is 17.8. The van der Waals surface area contributed by atoms with Gasteiger partial charge in [0, 0.05) is 48.8 Å². The van der Waals surface area contributed by atoms with E-state index in [1.54, 1.807) is 17.0 Å². The number of rotatable bonds is 4. The van der Waals surface area contributed by atoms with Crippen LogP contribution in [0.15, 0.2) is 59.5 Å². The first-order valence-electron chi connectivity index (χ1n) is 10.2. The van der Waals surface area contributed by atoms with Gasteiger partial charge in [-0.3, -0.25) is 4.79 Å². The zero-order valence-corrected chi connectivity index (χ0v) is 18.6. The first-order valence-corrected chi connectivity index (χ1v) is 11.6. The van der Waals surface area contributed by atoms with E-state index in [9.17, 15) is 22.0 Å². The van der Waals surface area contributed by atoms with Crippen LogP contribution in [-0.4, -0.2) is 54.3 Å². The fourth-order valence-corrected chi connectivity index (χ4v) is 5.36. The molecule has 1 amide bonds. The number of carbonyl (C=O) groups is 1. The lowest BCUT2D eigenvalue weighted by atomic mass is 10.1. The molecule has 0 aliphatic carbocycles. The number of nitrogens with zero attached hydrogens (tertiary/aromatic N) is 3. The van der Waals surface area contributed by atoms with Crippen molar-refractivity contribution in [2.24, 2.45) is 0 Å². The molecule has 2 heterocycles. The summed E-state index contributed by atoms with van der Waals surface area (Å²) >= 11 is 0. The maximum Gasteiger partial charge on any atom is 0.253 e. The number of sulfonamides is 1. The number of hydrogen-bond donors (Lipinski definition) is 0. The maximum absolute atomic E-state index is 13.5. The topological polar surface area (TPSA) is 62.6 Å². The van der Waals surface area contributed by atoms with Crippen molar-refractivity contribution in [3.05, 3.63) is 83.2 Å². The molecule has 32 heavy (non-hydrogen) atoms. The summed E-state index contributed by atoms with van der Waals surface area (Å²) in [6.07, 6.45) is 0. The lowest BCUT2D eigenvalue weighted by molar-refractivity contribution is 0.0698. The van der Waals surface area contributed by atoms with Crippen LogP contribution in [0.2, 0.25) is 0 Å². The Kier molecular flexibility index (Phi) is 5.87. The van der Waals surface area contributed by atoms with E-state index in [2.05, 4.69) is 4.57 Å². The van der Waals surface area contributed by atoms with Crippen LogP contribution in [0, 0.1) is 25.5 Å². The Morgan fingerprint density at radius 1 is 0.812 bits per heavy atom. The Morgan fingerprint density at radius 2 is 1.41 bits per heavy atom. The molecule has 1 aliphatic rings. The van der Waals surface area contributed by atoms with Crippen molar-refractivity contribution >= 4 is 15.9 Å². The van der Waals surface area contributed by atoms with Gasteiger partial charge in [-0.05, 0) is 68.4 Å². The monoisotopic (exact) mass is 459 g/mol. The Balaban J connectivity index is 1.44. The fourth-order valence-electron chi connectivity index (χ4n) is 3.93. The zero-order chi connectivity index (χ0) is 23.0. The standard InChI is InChI=1S/C23H23F2N3O3S/c1-16-3-4-17(2)28(16)19-7-5-18(6-8-19)23(29)26-11-13-27(14-12-26)32(30,31)20-9-10-21(24)22(25)15-20/h3-10,15H,11-14H2,1-2H3. The summed E-state index contributed by atoms with van der Waals surface area (Å²) in [5.41, 5.74) is 3.68. The van der Waals surface area contributed by atoms with E-state index in [0.717, 1.165) is 29.2 Å². The van der Waals surface area contributed by atoms with Gasteiger partial charge >= 0.3 is 0 Å². The molecule has 2 aromatic carbocycles. The second-order valence-electron chi connectivity index (χ2n) is 7.77. The largest absolute Gasteiger partial charge is 0.336 e. The van der Waals surface area contributed by atoms with Gasteiger partial charge in [-0.2, -0.15) is 4.31 Å². The molecule has 0 N–H and O–H groups in total. The minimum Gasteiger partial charge on any atom is -0.336 e. The Bertz CT molecular complexity index is 1240. The molecule has 0 unspecified atom stereocenters. The Labute approximate surface area is 185 Å². The molecular formula is C23H23F2N3O3S. The van der Waals surface area contributed by atoms with Crippen molar-refractivity contribution in [2.45, 2.75) is 18.7 Å². The summed E-state index contributed by atoms with van der Waals surface area (Å²) in [4.78, 5) is 14.2. The lowest BCUT2D eigenvalue weighted by Crippen LogP contribution is -2.50. The van der Waals surface area contributed by atoms with Gasteiger partial charge in [0.05, 0.1) is 4.90 Å². The third-order valence-corrected chi connectivity index (χ3v) is 7.59. The molecule has 0 saturated carbocycles. The van der Waals surface area contributed by atoms with Crippen LogP contribution in [0.25, 0.3) is 5.69 Å². The molecule has 9 heteroatoms. The van der Waals surface area contributed by atoms with E-state index in [1.807, 2.05) is 38.1 Å². The van der Waals surface area contributed by atoms with Crippen LogP contribution in [0.1, 0.15) is 21.7 Å². The van der Waals surface area contributed by atoms with Crippen LogP contribution in [0.3, 0.4) is 0 Å². The number of hydrogen-bond acceptors (Lipinski definition) is 3. The first kappa shape index (κ1) is 22.2. The molecular weight excluding hydrogens is 436 g/mol. The number of aromatic nitrogens is 1. The van der Waals surface area contributed by atoms with Crippen molar-refractivity contribution in [3.8, 4) is 5.69 Å². The molecule has 4 rings (SSSR count). The summed E-state index contributed by atoms with van der Waals surface area (Å²) in [6.45, 7) is 4.60. The highest BCUT2D eigenvalue weighted by atomic mass is 32.2. The third-order valence-electron chi connectivity index (χ3n) is 5.70. The number of amides is 1. The first-order chi connectivity index (χ1) is 15.2. The summed E-state index contributed by atoms with van der Waals surface area (Å²) in [6, 6.07) is 13.9. The van der Waals surface area contributed by atoms with E-state index in [-0.39, 0.29) is 37.0 Å². The van der Waals surface area contributed by atoms with Crippen molar-refractivity contribution in [1.82, 2.24) is 13.8 Å². The highest BCUT2D eigenvalue weighted by molar-refractivity contribution is 7.89. The number of benzene rings is 2. The fraction of sp³-hybridized carbons (Fsp3) is 0.261. The van der Waals surface area contributed by atoms with Gasteiger partial charge in [0.25, 0.3) is 5.91 Å². The number of halogens is 2. The van der Waals surface area contributed by atoms with Crippen LogP contribution in [-0.2, 0) is 10.0 Å². The molecule has 1 aromatic heterocycles. The number of piperazine rings is 1. The summed E-state index contributed by atoms with van der Waals surface area (Å²) < 4.78 is 55.4. The SMILES string of the molecule is Cc1ccc(C)n1-c1ccc(C(=O)N2CCN(S(=O)(=O)c3ccc(F)c(F)c3)CC2)cc1. The van der Waals surface area contributed by atoms with E-state index >= 15 is 0 Å². The van der Waals surface area contributed by atoms with Gasteiger partial charge < -0.3 is 9.47 Å². The molecule has 1 saturated heterocycles. The molecule has 168 valence electrons. The van der Waals surface area contributed by atoms with Crippen molar-refractivity contribution in [3.63, 3.8) is 0 Å². The minimum absolute atomic E-state index is 0.0763. The summed E-state index contributed by atoms with van der Waals surface area (Å²) in [5, 5.41) is 0. The van der Waals surface area contributed by atoms with E-state index in [1.165, 1.54) is 4.31 Å². The Morgan fingerprint density at radius 3 is 1.97 bits per heavy atom. The van der Waals surface area contributed by atoms with Gasteiger partial charge in [0.1, 0.15) is 0 Å². The number of aryl methyl sites for hydroxylation is 2. The average Bonchev–Trinajstić information content (AvgIpc) is 3.13. The van der Waals surface area contributed by atoms with Crippen LogP contribution in [0.4, 0.5) is 8.78 Å². The van der Waals surface area contributed by atoms with Gasteiger partial charge in [0.15, 0.2) is 11.6 Å². The molecule has 1 fully saturated rings. The maximum atomic E-state index is 13.5. The second-order valence-corrected chi connectivity index (χ2v) is 9.71. The molecule has 0 spiro atoms. The van der Waals surface area contributed by atoms with E-state index in [4.69, 9.17) is 0 Å². The van der Waals surface area contributed by atoms with Crippen molar-refractivity contribution in [2.75, 3.05) is 26.2 Å². The van der Waals surface area contributed by atoms with Crippen LogP contribution < -0.4 is 0 Å². The highest BCUT2D eigenvalue weighted by Gasteiger charge is 2.31. The van der Waals surface area contributed by atoms with E-state index in [0.29, 0.717) is 11.6 Å². The predicted octanol–water partition coefficient (Wildman–Crippen LogP) is 3.52. The van der Waals surface area contributed by atoms with Crippen molar-refractivity contribution in [1.29, 1.82) is 0 Å². The van der Waals surface area contributed by atoms with E-state index < -0.39 is 21.7 Å². The minimum atomic E-state index is -3.97. The van der Waals surface area contributed by atoms with Gasteiger partial charge in [0.2, 0.25) is 10.0 Å². The highest BCUT2D eigenvalue weighted by Crippen LogP contribution is 2.21. The molecule has 1 aliphatic heterocycles. The predicted molar refractivity (Wildman–Crippen MR) is 116 cm³/mol. The molecule has 0 bridgehead atoms. The van der Waals surface area contributed by atoms with Crippen LogP contribution in [0.5, 0.6) is 0 Å². The Hall–Kier alpha value is -3.04. The molecule has 0 atom stereocenters. The molecule has 3 aromatic rings. The summed E-state index contributed by atoms with van der Waals surface area (Å²) in [5.74, 6) is -2.50. The third kappa shape index (κ3) is 4.05. The van der Waals surface area contributed by atoms with Gasteiger partial charge in [-0.25, -0.2) is 17.2 Å². The second kappa shape index (κ2) is 8.48. The molecule has 6 nitrogen and oxygen atoms in total. The quantitative estimate of drug-likeness (QED) is 0.600. The van der Waals surface area contributed by atoms with Crippen LogP contribution >= 0.6 is 0 Å². The summed E-state index contributed by atoms with van der Waals surface area (Å²) in [7, 11) is -3.97. The smallest absolute Gasteiger partial charge is 0.253 e. The van der Waals surface area contributed by atoms with Gasteiger partial charge in [-0.1, -0.05) is 0 Å². The molecule has 0 radical (unpaired) electrons. The van der Waals surface area contributed by atoms with Gasteiger partial charge in [-0.15, -0.1) is 0 Å². The lowest BCUT2D eigenvalue weighted by Gasteiger charge is -2.34. The normalized spacial score (nSPS) is 15.2. The number of carbonyl (C=O) groups excluding carboxylic acids is 1.